The Labute approximate surface area is 211 Å². The number of fused-ring (bicyclic) bond motifs is 1. The number of hydrogen-bond acceptors (Lipinski definition) is 5. The summed E-state index contributed by atoms with van der Waals surface area (Å²) in [6, 6.07) is 14.6. The Morgan fingerprint density at radius 1 is 1.11 bits per heavy atom. The van der Waals surface area contributed by atoms with Gasteiger partial charge in [-0.25, -0.2) is 9.50 Å². The molecule has 1 saturated carbocycles. The van der Waals surface area contributed by atoms with Crippen molar-refractivity contribution in [1.82, 2.24) is 19.9 Å². The first-order valence-corrected chi connectivity index (χ1v) is 12.0. The molecule has 4 aromatic rings. The predicted molar refractivity (Wildman–Crippen MR) is 134 cm³/mol. The summed E-state index contributed by atoms with van der Waals surface area (Å²) >= 11 is 0. The number of nitrogens with zero attached hydrogens (tertiary/aromatic N) is 3. The maximum absolute atomic E-state index is 12.8. The fourth-order valence-electron chi connectivity index (χ4n) is 3.96. The Bertz CT molecular complexity index is 1440. The first-order chi connectivity index (χ1) is 17.7. The van der Waals surface area contributed by atoms with Gasteiger partial charge in [-0.15, -0.1) is 5.10 Å². The quantitative estimate of drug-likeness (QED) is 0.302. The van der Waals surface area contributed by atoms with Gasteiger partial charge < -0.3 is 15.4 Å². The van der Waals surface area contributed by atoms with Gasteiger partial charge >= 0.3 is 6.18 Å². The van der Waals surface area contributed by atoms with E-state index in [0.29, 0.717) is 28.3 Å². The molecule has 192 valence electrons. The van der Waals surface area contributed by atoms with Crippen LogP contribution in [0, 0.1) is 13.8 Å². The van der Waals surface area contributed by atoms with Gasteiger partial charge in [0.15, 0.2) is 5.65 Å². The second kappa shape index (κ2) is 9.76. The lowest BCUT2D eigenvalue weighted by atomic mass is 10.0. The van der Waals surface area contributed by atoms with E-state index < -0.39 is 12.6 Å². The third-order valence-corrected chi connectivity index (χ3v) is 6.09. The molecule has 0 saturated heterocycles. The third-order valence-electron chi connectivity index (χ3n) is 6.09. The van der Waals surface area contributed by atoms with E-state index >= 15 is 0 Å². The number of imidazole rings is 1. The highest BCUT2D eigenvalue weighted by atomic mass is 19.4. The minimum absolute atomic E-state index is 0.104. The molecule has 0 aliphatic heterocycles. The van der Waals surface area contributed by atoms with Gasteiger partial charge in [-0.1, -0.05) is 23.8 Å². The minimum Gasteiger partial charge on any atom is -0.438 e. The van der Waals surface area contributed by atoms with Crippen LogP contribution in [0.15, 0.2) is 54.7 Å². The molecule has 10 heteroatoms. The summed E-state index contributed by atoms with van der Waals surface area (Å²) in [6.45, 7) is 3.49. The number of halogens is 3. The monoisotopic (exact) mass is 509 g/mol. The number of carbonyl (C=O) groups excluding carboxylic acids is 1. The standard InChI is InChI=1S/C27H26F3N5O2/c1-16-3-8-20(9-4-16)37-24-14-22(31-12-11-27(28,29)30)25-32-15-23(35(25)34-24)18-5-10-21(17(2)13-18)26(36)33-19-6-7-19/h3-5,8-10,13-15,19,31H,6-7,11-12H2,1-2H3,(H,33,36). The van der Waals surface area contributed by atoms with Crippen LogP contribution < -0.4 is 15.4 Å². The van der Waals surface area contributed by atoms with Gasteiger partial charge in [-0.2, -0.15) is 13.2 Å². The third kappa shape index (κ3) is 5.84. The lowest BCUT2D eigenvalue weighted by Gasteiger charge is -2.13. The van der Waals surface area contributed by atoms with Crippen LogP contribution in [-0.2, 0) is 0 Å². The van der Waals surface area contributed by atoms with Crippen LogP contribution in [0.4, 0.5) is 18.9 Å². The van der Waals surface area contributed by atoms with Crippen molar-refractivity contribution >= 4 is 17.2 Å². The number of aryl methyl sites for hydroxylation is 2. The van der Waals surface area contributed by atoms with Crippen LogP contribution in [0.1, 0.15) is 40.7 Å². The van der Waals surface area contributed by atoms with Gasteiger partial charge in [0, 0.05) is 29.8 Å². The normalized spacial score (nSPS) is 13.5. The molecule has 1 aliphatic rings. The van der Waals surface area contributed by atoms with Crippen molar-refractivity contribution in [3.63, 3.8) is 0 Å². The molecule has 0 atom stereocenters. The fraction of sp³-hybridized carbons (Fsp3) is 0.296. The Balaban J connectivity index is 1.50. The predicted octanol–water partition coefficient (Wildman–Crippen LogP) is 6.06. The Morgan fingerprint density at radius 3 is 2.54 bits per heavy atom. The molecule has 0 spiro atoms. The highest BCUT2D eigenvalue weighted by molar-refractivity contribution is 5.96. The maximum atomic E-state index is 12.8. The number of benzene rings is 2. The summed E-state index contributed by atoms with van der Waals surface area (Å²) in [5.41, 5.74) is 4.55. The van der Waals surface area contributed by atoms with Crippen LogP contribution in [-0.4, -0.2) is 39.3 Å². The zero-order valence-electron chi connectivity index (χ0n) is 20.4. The molecule has 2 N–H and O–H groups in total. The molecule has 7 nitrogen and oxygen atoms in total. The number of ether oxygens (including phenoxy) is 1. The minimum atomic E-state index is -4.29. The number of aromatic nitrogens is 3. The summed E-state index contributed by atoms with van der Waals surface area (Å²) in [5.74, 6) is 0.636. The second-order valence-corrected chi connectivity index (χ2v) is 9.26. The van der Waals surface area contributed by atoms with Gasteiger partial charge in [-0.05, 0) is 56.5 Å². The molecule has 0 unspecified atom stereocenters. The molecule has 1 fully saturated rings. The maximum Gasteiger partial charge on any atom is 0.390 e. The molecule has 2 heterocycles. The number of anilines is 1. The summed E-state index contributed by atoms with van der Waals surface area (Å²) in [5, 5.41) is 10.4. The Morgan fingerprint density at radius 2 is 1.86 bits per heavy atom. The highest BCUT2D eigenvalue weighted by Crippen LogP contribution is 2.30. The van der Waals surface area contributed by atoms with E-state index in [-0.39, 0.29) is 24.4 Å². The van der Waals surface area contributed by atoms with Crippen LogP contribution in [0.25, 0.3) is 16.9 Å². The number of rotatable bonds is 8. The van der Waals surface area contributed by atoms with Crippen molar-refractivity contribution in [2.24, 2.45) is 0 Å². The van der Waals surface area contributed by atoms with E-state index in [1.165, 1.54) is 4.52 Å². The van der Waals surface area contributed by atoms with Crippen molar-refractivity contribution in [2.75, 3.05) is 11.9 Å². The van der Waals surface area contributed by atoms with Crippen molar-refractivity contribution in [2.45, 2.75) is 45.3 Å². The van der Waals surface area contributed by atoms with Gasteiger partial charge in [0.05, 0.1) is 24.0 Å². The van der Waals surface area contributed by atoms with Gasteiger partial charge in [-0.3, -0.25) is 4.79 Å². The smallest absolute Gasteiger partial charge is 0.390 e. The summed E-state index contributed by atoms with van der Waals surface area (Å²) < 4.78 is 45.8. The van der Waals surface area contributed by atoms with Gasteiger partial charge in [0.1, 0.15) is 5.75 Å². The van der Waals surface area contributed by atoms with Gasteiger partial charge in [0.2, 0.25) is 5.88 Å². The van der Waals surface area contributed by atoms with E-state index in [0.717, 1.165) is 29.5 Å². The molecule has 2 aromatic carbocycles. The fourth-order valence-corrected chi connectivity index (χ4v) is 3.96. The molecule has 5 rings (SSSR count). The largest absolute Gasteiger partial charge is 0.438 e. The number of carbonyl (C=O) groups is 1. The first kappa shape index (κ1) is 24.6. The summed E-state index contributed by atoms with van der Waals surface area (Å²) in [6.07, 6.45) is -1.67. The number of amides is 1. The van der Waals surface area contributed by atoms with Crippen molar-refractivity contribution in [3.05, 3.63) is 71.4 Å². The molecular weight excluding hydrogens is 483 g/mol. The second-order valence-electron chi connectivity index (χ2n) is 9.26. The lowest BCUT2D eigenvalue weighted by Crippen LogP contribution is -2.26. The topological polar surface area (TPSA) is 80.5 Å². The van der Waals surface area contributed by atoms with Crippen LogP contribution in [0.3, 0.4) is 0 Å². The SMILES string of the molecule is Cc1ccc(Oc2cc(NCCC(F)(F)F)c3ncc(-c4ccc(C(=O)NC5CC5)c(C)c4)n3n2)cc1. The van der Waals surface area contributed by atoms with Crippen LogP contribution in [0.5, 0.6) is 11.6 Å². The number of nitrogens with one attached hydrogen (secondary N) is 2. The van der Waals surface area contributed by atoms with Crippen molar-refractivity contribution in [3.8, 4) is 22.9 Å². The first-order valence-electron chi connectivity index (χ1n) is 12.0. The molecule has 0 bridgehead atoms. The molecule has 0 radical (unpaired) electrons. The van der Waals surface area contributed by atoms with E-state index in [4.69, 9.17) is 4.74 Å². The summed E-state index contributed by atoms with van der Waals surface area (Å²) in [7, 11) is 0. The zero-order chi connectivity index (χ0) is 26.2. The van der Waals surface area contributed by atoms with Crippen LogP contribution in [0.2, 0.25) is 0 Å². The van der Waals surface area contributed by atoms with E-state index in [2.05, 4.69) is 20.7 Å². The lowest BCUT2D eigenvalue weighted by molar-refractivity contribution is -0.131. The van der Waals surface area contributed by atoms with E-state index in [1.807, 2.05) is 38.1 Å². The summed E-state index contributed by atoms with van der Waals surface area (Å²) in [4.78, 5) is 17.0. The van der Waals surface area contributed by atoms with Crippen molar-refractivity contribution < 1.29 is 22.7 Å². The van der Waals surface area contributed by atoms with E-state index in [9.17, 15) is 18.0 Å². The number of hydrogen-bond donors (Lipinski definition) is 2. The molecule has 2 aromatic heterocycles. The zero-order valence-corrected chi connectivity index (χ0v) is 20.4. The Hall–Kier alpha value is -4.08. The molecular formula is C27H26F3N5O2. The van der Waals surface area contributed by atoms with Gasteiger partial charge in [0.25, 0.3) is 5.91 Å². The van der Waals surface area contributed by atoms with E-state index in [1.54, 1.807) is 30.5 Å². The van der Waals surface area contributed by atoms with Crippen molar-refractivity contribution in [1.29, 1.82) is 0 Å². The molecule has 1 aliphatic carbocycles. The van der Waals surface area contributed by atoms with Crippen LogP contribution >= 0.6 is 0 Å². The number of alkyl halides is 3. The molecule has 1 amide bonds. The average Bonchev–Trinajstić information content (AvgIpc) is 3.54. The molecule has 37 heavy (non-hydrogen) atoms. The highest BCUT2D eigenvalue weighted by Gasteiger charge is 2.27. The average molecular weight is 510 g/mol. The Kier molecular flexibility index (Phi) is 6.49.